The summed E-state index contributed by atoms with van der Waals surface area (Å²) in [4.78, 5) is 11.6. The number of nitrogen functional groups attached to an aromatic ring is 1. The highest BCUT2D eigenvalue weighted by atomic mass is 35.5. The van der Waals surface area contributed by atoms with E-state index in [0.717, 1.165) is 5.56 Å². The van der Waals surface area contributed by atoms with E-state index in [1.807, 2.05) is 0 Å². The van der Waals surface area contributed by atoms with Crippen molar-refractivity contribution in [1.29, 1.82) is 0 Å². The van der Waals surface area contributed by atoms with E-state index in [2.05, 4.69) is 25.6 Å². The van der Waals surface area contributed by atoms with Crippen LogP contribution in [-0.2, 0) is 6.54 Å². The zero-order valence-electron chi connectivity index (χ0n) is 11.3. The number of hydrogen-bond acceptors (Lipinski definition) is 6. The SMILES string of the molecule is Cl.Nc1nonc1C(=O)NCCNCc1c(Cl)cccc1Cl. The van der Waals surface area contributed by atoms with Gasteiger partial charge >= 0.3 is 0 Å². The maximum absolute atomic E-state index is 11.6. The van der Waals surface area contributed by atoms with Crippen LogP contribution in [0.5, 0.6) is 0 Å². The maximum atomic E-state index is 11.6. The lowest BCUT2D eigenvalue weighted by molar-refractivity contribution is 0.0944. The van der Waals surface area contributed by atoms with E-state index in [1.165, 1.54) is 0 Å². The second-order valence-electron chi connectivity index (χ2n) is 4.13. The van der Waals surface area contributed by atoms with Crippen LogP contribution in [0.25, 0.3) is 0 Å². The summed E-state index contributed by atoms with van der Waals surface area (Å²) in [5.41, 5.74) is 6.20. The Hall–Kier alpha value is -1.54. The third-order valence-corrected chi connectivity index (χ3v) is 3.39. The highest BCUT2D eigenvalue weighted by Gasteiger charge is 2.14. The van der Waals surface area contributed by atoms with Gasteiger partial charge in [0.2, 0.25) is 11.5 Å². The Morgan fingerprint density at radius 2 is 1.91 bits per heavy atom. The number of nitrogens with zero attached hydrogens (tertiary/aromatic N) is 2. The lowest BCUT2D eigenvalue weighted by Gasteiger charge is -2.09. The molecule has 4 N–H and O–H groups in total. The van der Waals surface area contributed by atoms with Gasteiger partial charge in [-0.05, 0) is 22.4 Å². The highest BCUT2D eigenvalue weighted by molar-refractivity contribution is 6.35. The average molecular weight is 367 g/mol. The number of amides is 1. The number of benzene rings is 1. The van der Waals surface area contributed by atoms with Gasteiger partial charge in [-0.25, -0.2) is 4.63 Å². The van der Waals surface area contributed by atoms with Crippen LogP contribution in [0, 0.1) is 0 Å². The fourth-order valence-corrected chi connectivity index (χ4v) is 2.15. The quantitative estimate of drug-likeness (QED) is 0.674. The van der Waals surface area contributed by atoms with Crippen LogP contribution in [0.15, 0.2) is 22.8 Å². The second-order valence-corrected chi connectivity index (χ2v) is 4.95. The van der Waals surface area contributed by atoms with Gasteiger partial charge in [-0.3, -0.25) is 4.79 Å². The van der Waals surface area contributed by atoms with Gasteiger partial charge in [0, 0.05) is 35.2 Å². The number of nitrogens with two attached hydrogens (primary N) is 1. The molecule has 0 fully saturated rings. The van der Waals surface area contributed by atoms with Gasteiger partial charge in [0.05, 0.1) is 0 Å². The smallest absolute Gasteiger partial charge is 0.277 e. The molecular weight excluding hydrogens is 353 g/mol. The van der Waals surface area contributed by atoms with Gasteiger partial charge in [-0.2, -0.15) is 0 Å². The molecule has 0 aliphatic rings. The van der Waals surface area contributed by atoms with Crippen molar-refractivity contribution in [3.8, 4) is 0 Å². The number of carbonyl (C=O) groups is 1. The zero-order chi connectivity index (χ0) is 15.2. The van der Waals surface area contributed by atoms with Crippen molar-refractivity contribution < 1.29 is 9.42 Å². The Labute approximate surface area is 142 Å². The molecule has 22 heavy (non-hydrogen) atoms. The Morgan fingerprint density at radius 3 is 2.50 bits per heavy atom. The molecule has 7 nitrogen and oxygen atoms in total. The molecule has 2 aromatic rings. The molecule has 0 atom stereocenters. The second kappa shape index (κ2) is 8.79. The molecule has 2 rings (SSSR count). The van der Waals surface area contributed by atoms with E-state index >= 15 is 0 Å². The summed E-state index contributed by atoms with van der Waals surface area (Å²) in [5.74, 6) is -0.477. The van der Waals surface area contributed by atoms with Crippen LogP contribution >= 0.6 is 35.6 Å². The van der Waals surface area contributed by atoms with Crippen molar-refractivity contribution in [1.82, 2.24) is 20.9 Å². The van der Waals surface area contributed by atoms with Gasteiger partial charge in [0.15, 0.2) is 0 Å². The Bertz CT molecular complexity index is 615. The summed E-state index contributed by atoms with van der Waals surface area (Å²) in [5, 5.41) is 13.7. The molecule has 1 heterocycles. The van der Waals surface area contributed by atoms with E-state index in [9.17, 15) is 4.79 Å². The predicted molar refractivity (Wildman–Crippen MR) is 86.5 cm³/mol. The van der Waals surface area contributed by atoms with Crippen LogP contribution in [0.1, 0.15) is 16.1 Å². The average Bonchev–Trinajstić information content (AvgIpc) is 2.87. The molecule has 0 unspecified atom stereocenters. The van der Waals surface area contributed by atoms with E-state index in [-0.39, 0.29) is 23.9 Å². The summed E-state index contributed by atoms with van der Waals surface area (Å²) in [6, 6.07) is 5.32. The number of carbonyl (C=O) groups excluding carboxylic acids is 1. The van der Waals surface area contributed by atoms with E-state index in [4.69, 9.17) is 28.9 Å². The number of anilines is 1. The number of aromatic nitrogens is 2. The molecular formula is C12H14Cl3N5O2. The normalized spacial score (nSPS) is 10.1. The van der Waals surface area contributed by atoms with Crippen LogP contribution in [0.3, 0.4) is 0 Å². The molecule has 1 aromatic heterocycles. The van der Waals surface area contributed by atoms with Crippen LogP contribution in [0.4, 0.5) is 5.82 Å². The molecule has 1 amide bonds. The summed E-state index contributed by atoms with van der Waals surface area (Å²) in [6.07, 6.45) is 0. The van der Waals surface area contributed by atoms with Gasteiger partial charge in [-0.15, -0.1) is 12.4 Å². The minimum atomic E-state index is -0.439. The number of rotatable bonds is 6. The van der Waals surface area contributed by atoms with Crippen molar-refractivity contribution in [2.24, 2.45) is 0 Å². The van der Waals surface area contributed by atoms with Crippen molar-refractivity contribution in [3.63, 3.8) is 0 Å². The zero-order valence-corrected chi connectivity index (χ0v) is 13.6. The Morgan fingerprint density at radius 1 is 1.23 bits per heavy atom. The van der Waals surface area contributed by atoms with Crippen molar-refractivity contribution in [2.45, 2.75) is 6.54 Å². The summed E-state index contributed by atoms with van der Waals surface area (Å²) in [6.45, 7) is 1.41. The molecule has 0 spiro atoms. The first-order valence-corrected chi connectivity index (χ1v) is 6.85. The molecule has 0 saturated carbocycles. The van der Waals surface area contributed by atoms with E-state index < -0.39 is 5.91 Å². The third-order valence-electron chi connectivity index (χ3n) is 2.68. The molecule has 120 valence electrons. The van der Waals surface area contributed by atoms with Crippen LogP contribution < -0.4 is 16.4 Å². The topological polar surface area (TPSA) is 106 Å². The lowest BCUT2D eigenvalue weighted by Crippen LogP contribution is -2.32. The largest absolute Gasteiger partial charge is 0.379 e. The minimum absolute atomic E-state index is 0. The van der Waals surface area contributed by atoms with Crippen molar-refractivity contribution in [3.05, 3.63) is 39.5 Å². The molecule has 0 saturated heterocycles. The first-order chi connectivity index (χ1) is 10.1. The summed E-state index contributed by atoms with van der Waals surface area (Å²) >= 11 is 12.1. The van der Waals surface area contributed by atoms with Gasteiger partial charge < -0.3 is 16.4 Å². The maximum Gasteiger partial charge on any atom is 0.277 e. The fraction of sp³-hybridized carbons (Fsp3) is 0.250. The number of nitrogens with one attached hydrogen (secondary N) is 2. The fourth-order valence-electron chi connectivity index (χ4n) is 1.62. The molecule has 1 aromatic carbocycles. The highest BCUT2D eigenvalue weighted by Crippen LogP contribution is 2.23. The molecule has 0 aliphatic carbocycles. The Kier molecular flexibility index (Phi) is 7.40. The Balaban J connectivity index is 0.00000242. The van der Waals surface area contributed by atoms with Crippen molar-refractivity contribution in [2.75, 3.05) is 18.8 Å². The van der Waals surface area contributed by atoms with E-state index in [1.54, 1.807) is 18.2 Å². The summed E-state index contributed by atoms with van der Waals surface area (Å²) < 4.78 is 4.35. The standard InChI is InChI=1S/C12H13Cl2N5O2.ClH/c13-8-2-1-3-9(14)7(8)6-16-4-5-17-12(20)10-11(15)19-21-18-10;/h1-3,16H,4-6H2,(H2,15,19)(H,17,20);1H. The van der Waals surface area contributed by atoms with E-state index in [0.29, 0.717) is 29.7 Å². The predicted octanol–water partition coefficient (Wildman–Crippen LogP) is 1.90. The van der Waals surface area contributed by atoms with Gasteiger partial charge in [0.1, 0.15) is 0 Å². The van der Waals surface area contributed by atoms with Crippen molar-refractivity contribution >= 4 is 47.3 Å². The molecule has 0 aliphatic heterocycles. The lowest BCUT2D eigenvalue weighted by atomic mass is 10.2. The first-order valence-electron chi connectivity index (χ1n) is 6.09. The minimum Gasteiger partial charge on any atom is -0.379 e. The monoisotopic (exact) mass is 365 g/mol. The summed E-state index contributed by atoms with van der Waals surface area (Å²) in [7, 11) is 0. The van der Waals surface area contributed by atoms with Crippen LogP contribution in [0.2, 0.25) is 10.0 Å². The molecule has 10 heteroatoms. The third kappa shape index (κ3) is 4.74. The van der Waals surface area contributed by atoms with Gasteiger partial charge in [0.25, 0.3) is 5.91 Å². The number of hydrogen-bond donors (Lipinski definition) is 3. The van der Waals surface area contributed by atoms with Crippen LogP contribution in [-0.4, -0.2) is 29.3 Å². The number of halogens is 3. The van der Waals surface area contributed by atoms with Gasteiger partial charge in [-0.1, -0.05) is 29.3 Å². The molecule has 0 radical (unpaired) electrons. The molecule has 0 bridgehead atoms. The first kappa shape index (κ1) is 18.5.